The van der Waals surface area contributed by atoms with Crippen molar-refractivity contribution in [1.29, 1.82) is 0 Å². The van der Waals surface area contributed by atoms with Crippen LogP contribution in [-0.2, 0) is 6.42 Å². The normalized spacial score (nSPS) is 12.4. The van der Waals surface area contributed by atoms with Crippen LogP contribution in [0.3, 0.4) is 0 Å². The topological polar surface area (TPSA) is 35.2 Å². The maximum absolute atomic E-state index is 6.27. The molecule has 0 bridgehead atoms. The molecular weight excluding hydrogens is 282 g/mol. The SMILES string of the molecule is CCCCCCCCOc1c(Cl)cccc1CC(N)CC. The fourth-order valence-corrected chi connectivity index (χ4v) is 2.61. The van der Waals surface area contributed by atoms with Crippen molar-refractivity contribution in [2.24, 2.45) is 5.73 Å². The molecule has 0 aliphatic heterocycles. The van der Waals surface area contributed by atoms with E-state index in [1.165, 1.54) is 32.1 Å². The molecule has 0 aromatic heterocycles. The van der Waals surface area contributed by atoms with Gasteiger partial charge in [-0.25, -0.2) is 0 Å². The number of halogens is 1. The van der Waals surface area contributed by atoms with Crippen molar-refractivity contribution in [2.75, 3.05) is 6.61 Å². The van der Waals surface area contributed by atoms with Crippen LogP contribution in [0.1, 0.15) is 64.4 Å². The first kappa shape index (κ1) is 18.3. The summed E-state index contributed by atoms with van der Waals surface area (Å²) in [6.45, 7) is 5.08. The van der Waals surface area contributed by atoms with Crippen molar-refractivity contribution in [2.45, 2.75) is 71.3 Å². The van der Waals surface area contributed by atoms with Gasteiger partial charge in [0.2, 0.25) is 0 Å². The van der Waals surface area contributed by atoms with Crippen LogP contribution >= 0.6 is 11.6 Å². The Balaban J connectivity index is 2.42. The lowest BCUT2D eigenvalue weighted by Gasteiger charge is -2.15. The summed E-state index contributed by atoms with van der Waals surface area (Å²) in [6.07, 6.45) is 9.36. The lowest BCUT2D eigenvalue weighted by molar-refractivity contribution is 0.301. The van der Waals surface area contributed by atoms with Crippen molar-refractivity contribution in [3.05, 3.63) is 28.8 Å². The van der Waals surface area contributed by atoms with Crippen LogP contribution in [0.2, 0.25) is 5.02 Å². The lowest BCUT2D eigenvalue weighted by atomic mass is 10.0. The third-order valence-electron chi connectivity index (χ3n) is 3.80. The summed E-state index contributed by atoms with van der Waals surface area (Å²) in [6, 6.07) is 6.09. The fourth-order valence-electron chi connectivity index (χ4n) is 2.36. The van der Waals surface area contributed by atoms with E-state index in [0.29, 0.717) is 5.02 Å². The molecule has 1 unspecified atom stereocenters. The van der Waals surface area contributed by atoms with Gasteiger partial charge in [0.15, 0.2) is 0 Å². The molecular formula is C18H30ClNO. The van der Waals surface area contributed by atoms with Gasteiger partial charge in [-0.3, -0.25) is 0 Å². The first-order valence-corrected chi connectivity index (χ1v) is 8.72. The number of para-hydroxylation sites is 1. The third kappa shape index (κ3) is 7.19. The quantitative estimate of drug-likeness (QED) is 0.558. The molecule has 0 radical (unpaired) electrons. The summed E-state index contributed by atoms with van der Waals surface area (Å²) in [5.74, 6) is 0.830. The maximum atomic E-state index is 6.27. The van der Waals surface area contributed by atoms with Crippen LogP contribution in [-0.4, -0.2) is 12.6 Å². The zero-order valence-electron chi connectivity index (χ0n) is 13.5. The van der Waals surface area contributed by atoms with E-state index in [4.69, 9.17) is 22.1 Å². The van der Waals surface area contributed by atoms with E-state index >= 15 is 0 Å². The molecule has 2 nitrogen and oxygen atoms in total. The van der Waals surface area contributed by atoms with Crippen LogP contribution in [0.5, 0.6) is 5.75 Å². The summed E-state index contributed by atoms with van der Waals surface area (Å²) in [4.78, 5) is 0. The Morgan fingerprint density at radius 1 is 1.10 bits per heavy atom. The van der Waals surface area contributed by atoms with E-state index in [9.17, 15) is 0 Å². The summed E-state index contributed by atoms with van der Waals surface area (Å²) in [5.41, 5.74) is 7.18. The van der Waals surface area contributed by atoms with E-state index in [1.807, 2.05) is 12.1 Å². The van der Waals surface area contributed by atoms with Crippen LogP contribution < -0.4 is 10.5 Å². The molecule has 1 rings (SSSR count). The van der Waals surface area contributed by atoms with Gasteiger partial charge in [0.05, 0.1) is 11.6 Å². The molecule has 1 atom stereocenters. The molecule has 21 heavy (non-hydrogen) atoms. The Hall–Kier alpha value is -0.730. The zero-order valence-corrected chi connectivity index (χ0v) is 14.3. The Bertz CT molecular complexity index is 395. The zero-order chi connectivity index (χ0) is 15.5. The number of ether oxygens (including phenoxy) is 1. The van der Waals surface area contributed by atoms with Crippen molar-refractivity contribution >= 4 is 11.6 Å². The van der Waals surface area contributed by atoms with E-state index in [1.54, 1.807) is 0 Å². The minimum atomic E-state index is 0.167. The Morgan fingerprint density at radius 3 is 2.52 bits per heavy atom. The number of rotatable bonds is 11. The first-order chi connectivity index (χ1) is 10.2. The highest BCUT2D eigenvalue weighted by Gasteiger charge is 2.11. The van der Waals surface area contributed by atoms with Crippen LogP contribution in [0.15, 0.2) is 18.2 Å². The average molecular weight is 312 g/mol. The Kier molecular flexibility index (Phi) is 9.53. The molecule has 0 amide bonds. The van der Waals surface area contributed by atoms with Gasteiger partial charge in [0, 0.05) is 6.04 Å². The van der Waals surface area contributed by atoms with Crippen molar-refractivity contribution < 1.29 is 4.74 Å². The molecule has 1 aromatic carbocycles. The highest BCUT2D eigenvalue weighted by Crippen LogP contribution is 2.30. The van der Waals surface area contributed by atoms with Crippen molar-refractivity contribution in [1.82, 2.24) is 0 Å². The van der Waals surface area contributed by atoms with Crippen molar-refractivity contribution in [3.63, 3.8) is 0 Å². The minimum Gasteiger partial charge on any atom is -0.492 e. The molecule has 0 saturated heterocycles. The molecule has 1 aromatic rings. The van der Waals surface area contributed by atoms with Crippen LogP contribution in [0.4, 0.5) is 0 Å². The van der Waals surface area contributed by atoms with E-state index in [-0.39, 0.29) is 6.04 Å². The molecule has 0 heterocycles. The first-order valence-electron chi connectivity index (χ1n) is 8.34. The molecule has 3 heteroatoms. The number of benzene rings is 1. The second-order valence-corrected chi connectivity index (χ2v) is 6.12. The average Bonchev–Trinajstić information content (AvgIpc) is 2.48. The van der Waals surface area contributed by atoms with Gasteiger partial charge in [-0.05, 0) is 30.9 Å². The Morgan fingerprint density at radius 2 is 1.81 bits per heavy atom. The van der Waals surface area contributed by atoms with E-state index in [2.05, 4.69) is 19.9 Å². The smallest absolute Gasteiger partial charge is 0.141 e. The molecule has 0 saturated carbocycles. The molecule has 0 spiro atoms. The standard InChI is InChI=1S/C18H30ClNO/c1-3-5-6-7-8-9-13-21-18-15(14-16(20)4-2)11-10-12-17(18)19/h10-12,16H,3-9,13-14,20H2,1-2H3. The van der Waals surface area contributed by atoms with E-state index in [0.717, 1.165) is 37.2 Å². The van der Waals surface area contributed by atoms with Gasteiger partial charge in [-0.2, -0.15) is 0 Å². The molecule has 0 fully saturated rings. The fraction of sp³-hybridized carbons (Fsp3) is 0.667. The number of hydrogen-bond acceptors (Lipinski definition) is 2. The molecule has 0 aliphatic rings. The molecule has 2 N–H and O–H groups in total. The monoisotopic (exact) mass is 311 g/mol. The largest absolute Gasteiger partial charge is 0.492 e. The summed E-state index contributed by atoms with van der Waals surface area (Å²) in [5, 5.41) is 0.696. The summed E-state index contributed by atoms with van der Waals surface area (Å²) >= 11 is 6.27. The molecule has 120 valence electrons. The highest BCUT2D eigenvalue weighted by molar-refractivity contribution is 6.32. The van der Waals surface area contributed by atoms with Gasteiger partial charge in [-0.15, -0.1) is 0 Å². The van der Waals surface area contributed by atoms with E-state index < -0.39 is 0 Å². The summed E-state index contributed by atoms with van der Waals surface area (Å²) in [7, 11) is 0. The highest BCUT2D eigenvalue weighted by atomic mass is 35.5. The van der Waals surface area contributed by atoms with Crippen LogP contribution in [0, 0.1) is 0 Å². The second-order valence-electron chi connectivity index (χ2n) is 5.72. The number of hydrogen-bond donors (Lipinski definition) is 1. The Labute approximate surface area is 135 Å². The predicted molar refractivity (Wildman–Crippen MR) is 92.3 cm³/mol. The van der Waals surface area contributed by atoms with Gasteiger partial charge < -0.3 is 10.5 Å². The predicted octanol–water partition coefficient (Wildman–Crippen LogP) is 5.36. The van der Waals surface area contributed by atoms with Gasteiger partial charge in [0.1, 0.15) is 5.75 Å². The number of unbranched alkanes of at least 4 members (excludes halogenated alkanes) is 5. The van der Waals surface area contributed by atoms with Gasteiger partial charge >= 0.3 is 0 Å². The maximum Gasteiger partial charge on any atom is 0.141 e. The summed E-state index contributed by atoms with van der Waals surface area (Å²) < 4.78 is 5.93. The third-order valence-corrected chi connectivity index (χ3v) is 4.10. The minimum absolute atomic E-state index is 0.167. The molecule has 0 aliphatic carbocycles. The van der Waals surface area contributed by atoms with Crippen LogP contribution in [0.25, 0.3) is 0 Å². The van der Waals surface area contributed by atoms with Gasteiger partial charge in [-0.1, -0.05) is 69.7 Å². The second kappa shape index (κ2) is 10.9. The number of nitrogens with two attached hydrogens (primary N) is 1. The lowest BCUT2D eigenvalue weighted by Crippen LogP contribution is -2.21. The van der Waals surface area contributed by atoms with Gasteiger partial charge in [0.25, 0.3) is 0 Å². The van der Waals surface area contributed by atoms with Crippen molar-refractivity contribution in [3.8, 4) is 5.75 Å².